The fourth-order valence-corrected chi connectivity index (χ4v) is 2.48. The van der Waals surface area contributed by atoms with E-state index >= 15 is 0 Å². The van der Waals surface area contributed by atoms with Gasteiger partial charge in [0, 0.05) is 23.7 Å². The Balaban J connectivity index is 2.22. The molecule has 2 aromatic rings. The first kappa shape index (κ1) is 12.2. The van der Waals surface area contributed by atoms with Gasteiger partial charge in [-0.25, -0.2) is 0 Å². The SMILES string of the molecule is CCc1cccnc1C(Cc1cncs1)NN. The Bertz CT molecular complexity index is 455. The van der Waals surface area contributed by atoms with E-state index in [9.17, 15) is 0 Å². The molecule has 0 saturated carbocycles. The fourth-order valence-electron chi connectivity index (χ4n) is 1.84. The van der Waals surface area contributed by atoms with Gasteiger partial charge in [-0.05, 0) is 18.1 Å². The van der Waals surface area contributed by atoms with Crippen LogP contribution >= 0.6 is 11.3 Å². The van der Waals surface area contributed by atoms with Gasteiger partial charge >= 0.3 is 0 Å². The number of nitrogens with two attached hydrogens (primary N) is 1. The van der Waals surface area contributed by atoms with Crippen LogP contribution in [0.5, 0.6) is 0 Å². The van der Waals surface area contributed by atoms with Crippen molar-refractivity contribution in [3.63, 3.8) is 0 Å². The molecule has 0 aromatic carbocycles. The summed E-state index contributed by atoms with van der Waals surface area (Å²) in [6.45, 7) is 2.13. The second-order valence-corrected chi connectivity index (χ2v) is 4.76. The van der Waals surface area contributed by atoms with Crippen molar-refractivity contribution in [2.24, 2.45) is 5.84 Å². The van der Waals surface area contributed by atoms with Crippen LogP contribution in [0.3, 0.4) is 0 Å². The number of aromatic nitrogens is 2. The van der Waals surface area contributed by atoms with Crippen LogP contribution < -0.4 is 11.3 Å². The summed E-state index contributed by atoms with van der Waals surface area (Å²) in [6.07, 6.45) is 5.48. The molecule has 0 saturated heterocycles. The van der Waals surface area contributed by atoms with E-state index in [1.54, 1.807) is 11.3 Å². The van der Waals surface area contributed by atoms with Crippen molar-refractivity contribution < 1.29 is 0 Å². The number of nitrogens with zero attached hydrogens (tertiary/aromatic N) is 2. The molecular weight excluding hydrogens is 232 g/mol. The summed E-state index contributed by atoms with van der Waals surface area (Å²) in [5.41, 5.74) is 6.95. The molecule has 0 fully saturated rings. The lowest BCUT2D eigenvalue weighted by Gasteiger charge is -2.17. The molecule has 3 N–H and O–H groups in total. The van der Waals surface area contributed by atoms with Gasteiger partial charge in [-0.3, -0.25) is 21.2 Å². The van der Waals surface area contributed by atoms with E-state index in [1.165, 1.54) is 10.4 Å². The average molecular weight is 248 g/mol. The zero-order chi connectivity index (χ0) is 12.1. The Morgan fingerprint density at radius 3 is 3.06 bits per heavy atom. The fraction of sp³-hybridized carbons (Fsp3) is 0.333. The number of nitrogens with one attached hydrogen (secondary N) is 1. The van der Waals surface area contributed by atoms with Gasteiger partial charge in [0.05, 0.1) is 17.2 Å². The molecule has 2 aromatic heterocycles. The first-order valence-electron chi connectivity index (χ1n) is 5.62. The van der Waals surface area contributed by atoms with Crippen LogP contribution in [0.1, 0.15) is 29.1 Å². The van der Waals surface area contributed by atoms with Gasteiger partial charge in [0.2, 0.25) is 0 Å². The quantitative estimate of drug-likeness (QED) is 0.626. The maximum atomic E-state index is 5.64. The highest BCUT2D eigenvalue weighted by Crippen LogP contribution is 2.21. The monoisotopic (exact) mass is 248 g/mol. The number of hydrogen-bond acceptors (Lipinski definition) is 5. The van der Waals surface area contributed by atoms with Crippen molar-refractivity contribution in [1.29, 1.82) is 0 Å². The van der Waals surface area contributed by atoms with Crippen LogP contribution in [0, 0.1) is 0 Å². The van der Waals surface area contributed by atoms with Gasteiger partial charge in [-0.2, -0.15) is 0 Å². The highest BCUT2D eigenvalue weighted by Gasteiger charge is 2.15. The van der Waals surface area contributed by atoms with Gasteiger partial charge in [-0.1, -0.05) is 13.0 Å². The summed E-state index contributed by atoms with van der Waals surface area (Å²) in [6, 6.07) is 4.11. The summed E-state index contributed by atoms with van der Waals surface area (Å²) in [5.74, 6) is 5.64. The summed E-state index contributed by atoms with van der Waals surface area (Å²) >= 11 is 1.64. The van der Waals surface area contributed by atoms with Gasteiger partial charge in [0.25, 0.3) is 0 Å². The molecule has 1 atom stereocenters. The highest BCUT2D eigenvalue weighted by atomic mass is 32.1. The second kappa shape index (κ2) is 5.86. The third-order valence-electron chi connectivity index (χ3n) is 2.73. The lowest BCUT2D eigenvalue weighted by Crippen LogP contribution is -2.30. The minimum absolute atomic E-state index is 0.0478. The molecule has 0 aliphatic carbocycles. The molecule has 0 aliphatic heterocycles. The predicted molar refractivity (Wildman–Crippen MR) is 69.5 cm³/mol. The van der Waals surface area contributed by atoms with Crippen molar-refractivity contribution in [2.75, 3.05) is 0 Å². The molecule has 17 heavy (non-hydrogen) atoms. The third kappa shape index (κ3) is 2.88. The zero-order valence-electron chi connectivity index (χ0n) is 9.76. The summed E-state index contributed by atoms with van der Waals surface area (Å²) < 4.78 is 0. The van der Waals surface area contributed by atoms with Crippen LogP contribution in [0.15, 0.2) is 30.0 Å². The van der Waals surface area contributed by atoms with Gasteiger partial charge < -0.3 is 0 Å². The van der Waals surface area contributed by atoms with Crippen LogP contribution in [-0.4, -0.2) is 9.97 Å². The van der Waals surface area contributed by atoms with Crippen molar-refractivity contribution in [3.05, 3.63) is 46.2 Å². The Labute approximate surface area is 105 Å². The molecule has 4 nitrogen and oxygen atoms in total. The zero-order valence-corrected chi connectivity index (χ0v) is 10.6. The first-order valence-corrected chi connectivity index (χ1v) is 6.50. The van der Waals surface area contributed by atoms with Crippen molar-refractivity contribution in [1.82, 2.24) is 15.4 Å². The molecule has 90 valence electrons. The molecule has 0 radical (unpaired) electrons. The lowest BCUT2D eigenvalue weighted by molar-refractivity contribution is 0.536. The molecule has 0 bridgehead atoms. The van der Waals surface area contributed by atoms with Gasteiger partial charge in [0.15, 0.2) is 0 Å². The second-order valence-electron chi connectivity index (χ2n) is 3.79. The van der Waals surface area contributed by atoms with E-state index in [0.29, 0.717) is 0 Å². The molecule has 5 heteroatoms. The summed E-state index contributed by atoms with van der Waals surface area (Å²) in [7, 11) is 0. The van der Waals surface area contributed by atoms with E-state index < -0.39 is 0 Å². The maximum absolute atomic E-state index is 5.64. The molecule has 2 heterocycles. The van der Waals surface area contributed by atoms with Crippen LogP contribution in [-0.2, 0) is 12.8 Å². The topological polar surface area (TPSA) is 63.8 Å². The predicted octanol–water partition coefficient (Wildman–Crippen LogP) is 1.85. The van der Waals surface area contributed by atoms with Crippen LogP contribution in [0.4, 0.5) is 0 Å². The standard InChI is InChI=1S/C12H16N4S/c1-2-9-4-3-5-15-12(9)11(16-13)6-10-7-14-8-17-10/h3-5,7-8,11,16H,2,6,13H2,1H3. The largest absolute Gasteiger partial charge is 0.271 e. The lowest BCUT2D eigenvalue weighted by atomic mass is 10.0. The summed E-state index contributed by atoms with van der Waals surface area (Å²) in [4.78, 5) is 9.73. The van der Waals surface area contributed by atoms with Crippen molar-refractivity contribution >= 4 is 11.3 Å². The van der Waals surface area contributed by atoms with E-state index in [0.717, 1.165) is 18.5 Å². The normalized spacial score (nSPS) is 12.6. The van der Waals surface area contributed by atoms with Gasteiger partial charge in [0.1, 0.15) is 0 Å². The van der Waals surface area contributed by atoms with E-state index in [1.807, 2.05) is 24.0 Å². The minimum atomic E-state index is 0.0478. The number of thiazole rings is 1. The Hall–Kier alpha value is -1.30. The number of pyridine rings is 1. The number of rotatable bonds is 5. The van der Waals surface area contributed by atoms with Crippen LogP contribution in [0.25, 0.3) is 0 Å². The first-order chi connectivity index (χ1) is 8.35. The summed E-state index contributed by atoms with van der Waals surface area (Å²) in [5, 5.41) is 0. The number of hydrazine groups is 1. The van der Waals surface area contributed by atoms with E-state index in [-0.39, 0.29) is 6.04 Å². The highest BCUT2D eigenvalue weighted by molar-refractivity contribution is 7.09. The molecule has 1 unspecified atom stereocenters. The average Bonchev–Trinajstić information content (AvgIpc) is 2.89. The smallest absolute Gasteiger partial charge is 0.0794 e. The number of hydrogen-bond donors (Lipinski definition) is 2. The van der Waals surface area contributed by atoms with E-state index in [4.69, 9.17) is 5.84 Å². The van der Waals surface area contributed by atoms with Gasteiger partial charge in [-0.15, -0.1) is 11.3 Å². The van der Waals surface area contributed by atoms with Crippen molar-refractivity contribution in [2.45, 2.75) is 25.8 Å². The van der Waals surface area contributed by atoms with Crippen molar-refractivity contribution in [3.8, 4) is 0 Å². The third-order valence-corrected chi connectivity index (χ3v) is 3.53. The van der Waals surface area contributed by atoms with E-state index in [2.05, 4.69) is 28.4 Å². The Kier molecular flexibility index (Phi) is 4.19. The Morgan fingerprint density at radius 1 is 1.53 bits per heavy atom. The molecule has 2 rings (SSSR count). The molecule has 0 spiro atoms. The minimum Gasteiger partial charge on any atom is -0.271 e. The molecule has 0 amide bonds. The number of aryl methyl sites for hydroxylation is 1. The molecule has 0 aliphatic rings. The molecular formula is C12H16N4S. The maximum Gasteiger partial charge on any atom is 0.0794 e. The Morgan fingerprint density at radius 2 is 2.41 bits per heavy atom. The van der Waals surface area contributed by atoms with Crippen LogP contribution in [0.2, 0.25) is 0 Å².